The number of amides is 1. The van der Waals surface area contributed by atoms with E-state index in [1.54, 1.807) is 0 Å². The van der Waals surface area contributed by atoms with Crippen LogP contribution in [0.5, 0.6) is 5.75 Å². The summed E-state index contributed by atoms with van der Waals surface area (Å²) in [5, 5.41) is 2.80. The van der Waals surface area contributed by atoms with E-state index in [2.05, 4.69) is 24.4 Å². The number of carbonyl (C=O) groups excluding carboxylic acids is 1. The minimum atomic E-state index is -0.688. The van der Waals surface area contributed by atoms with Gasteiger partial charge in [-0.25, -0.2) is 0 Å². The lowest BCUT2D eigenvalue weighted by Crippen LogP contribution is -2.39. The van der Waals surface area contributed by atoms with Crippen molar-refractivity contribution in [2.24, 2.45) is 5.73 Å². The molecule has 5 heteroatoms. The molecule has 0 aliphatic heterocycles. The predicted octanol–water partition coefficient (Wildman–Crippen LogP) is 2.79. The number of hydrogen-bond acceptors (Lipinski definition) is 4. The maximum atomic E-state index is 11.9. The van der Waals surface area contributed by atoms with Crippen LogP contribution in [0.3, 0.4) is 0 Å². The molecule has 2 aromatic rings. The highest BCUT2D eigenvalue weighted by molar-refractivity contribution is 5.95. The zero-order chi connectivity index (χ0) is 17.5. The first kappa shape index (κ1) is 18.0. The topological polar surface area (TPSA) is 73.6 Å². The smallest absolute Gasteiger partial charge is 0.243 e. The van der Waals surface area contributed by atoms with Crippen LogP contribution in [0, 0.1) is 13.8 Å². The molecule has 5 nitrogen and oxygen atoms in total. The van der Waals surface area contributed by atoms with Gasteiger partial charge in [0.1, 0.15) is 18.4 Å². The first-order valence-electron chi connectivity index (χ1n) is 7.84. The summed E-state index contributed by atoms with van der Waals surface area (Å²) in [6, 6.07) is 13.1. The van der Waals surface area contributed by atoms with E-state index in [4.69, 9.17) is 15.2 Å². The van der Waals surface area contributed by atoms with Crippen molar-refractivity contribution in [3.8, 4) is 5.75 Å². The summed E-state index contributed by atoms with van der Waals surface area (Å²) in [4.78, 5) is 11.9. The number of aryl methyl sites for hydroxylation is 2. The first-order valence-corrected chi connectivity index (χ1v) is 7.84. The fraction of sp³-hybridized carbons (Fsp3) is 0.316. The van der Waals surface area contributed by atoms with Crippen molar-refractivity contribution >= 4 is 11.6 Å². The Morgan fingerprint density at radius 1 is 1.21 bits per heavy atom. The van der Waals surface area contributed by atoms with Gasteiger partial charge in [-0.1, -0.05) is 29.8 Å². The number of hydrogen-bond donors (Lipinski definition) is 2. The molecule has 0 fully saturated rings. The average Bonchev–Trinajstić information content (AvgIpc) is 2.55. The lowest BCUT2D eigenvalue weighted by molar-refractivity contribution is -0.118. The van der Waals surface area contributed by atoms with E-state index in [9.17, 15) is 4.79 Å². The summed E-state index contributed by atoms with van der Waals surface area (Å²) in [6.45, 7) is 4.66. The number of carbonyl (C=O) groups is 1. The normalized spacial score (nSPS) is 11.8. The zero-order valence-electron chi connectivity index (χ0n) is 14.3. The first-order chi connectivity index (χ1) is 11.5. The van der Waals surface area contributed by atoms with Crippen LogP contribution in [0.2, 0.25) is 0 Å². The third-order valence-electron chi connectivity index (χ3n) is 3.63. The molecule has 0 aromatic heterocycles. The molecule has 0 saturated heterocycles. The fourth-order valence-corrected chi connectivity index (χ4v) is 2.32. The minimum Gasteiger partial charge on any atom is -0.489 e. The summed E-state index contributed by atoms with van der Waals surface area (Å²) in [7, 11) is 1.51. The molecular formula is C19H24N2O3. The average molecular weight is 328 g/mol. The molecule has 0 spiro atoms. The molecule has 1 atom stereocenters. The van der Waals surface area contributed by atoms with Gasteiger partial charge < -0.3 is 20.5 Å². The van der Waals surface area contributed by atoms with Gasteiger partial charge in [0.15, 0.2) is 0 Å². The maximum Gasteiger partial charge on any atom is 0.243 e. The van der Waals surface area contributed by atoms with Crippen molar-refractivity contribution in [1.82, 2.24) is 0 Å². The zero-order valence-corrected chi connectivity index (χ0v) is 14.3. The van der Waals surface area contributed by atoms with Crippen molar-refractivity contribution in [3.63, 3.8) is 0 Å². The molecule has 2 aromatic carbocycles. The molecule has 1 amide bonds. The van der Waals surface area contributed by atoms with Crippen molar-refractivity contribution in [2.45, 2.75) is 26.5 Å². The van der Waals surface area contributed by atoms with Gasteiger partial charge in [0.25, 0.3) is 0 Å². The Kier molecular flexibility index (Phi) is 6.35. The molecule has 0 heterocycles. The fourth-order valence-electron chi connectivity index (χ4n) is 2.32. The molecule has 3 N–H and O–H groups in total. The molecule has 0 saturated carbocycles. The summed E-state index contributed by atoms with van der Waals surface area (Å²) < 4.78 is 10.7. The van der Waals surface area contributed by atoms with Crippen molar-refractivity contribution in [3.05, 3.63) is 59.2 Å². The highest BCUT2D eigenvalue weighted by Gasteiger charge is 2.14. The number of ether oxygens (including phenoxy) is 2. The van der Waals surface area contributed by atoms with Gasteiger partial charge in [-0.15, -0.1) is 0 Å². The number of benzene rings is 2. The van der Waals surface area contributed by atoms with Gasteiger partial charge in [-0.3, -0.25) is 4.79 Å². The van der Waals surface area contributed by atoms with Crippen LogP contribution in [-0.2, 0) is 16.1 Å². The van der Waals surface area contributed by atoms with Gasteiger partial charge in [0.05, 0.1) is 6.61 Å². The van der Waals surface area contributed by atoms with E-state index in [0.29, 0.717) is 6.61 Å². The van der Waals surface area contributed by atoms with Crippen LogP contribution in [0.25, 0.3) is 0 Å². The van der Waals surface area contributed by atoms with E-state index in [0.717, 1.165) is 22.6 Å². The van der Waals surface area contributed by atoms with E-state index < -0.39 is 6.04 Å². The van der Waals surface area contributed by atoms with Crippen LogP contribution < -0.4 is 15.8 Å². The SMILES string of the molecule is COCC(N)C(=O)Nc1ccc(OCc2cccc(C)c2)cc1C. The van der Waals surface area contributed by atoms with Crippen molar-refractivity contribution in [1.29, 1.82) is 0 Å². The molecule has 2 rings (SSSR count). The second kappa shape index (κ2) is 8.47. The van der Waals surface area contributed by atoms with Crippen LogP contribution in [0.4, 0.5) is 5.69 Å². The Morgan fingerprint density at radius 2 is 2.00 bits per heavy atom. The van der Waals surface area contributed by atoms with Gasteiger partial charge in [0.2, 0.25) is 5.91 Å². The van der Waals surface area contributed by atoms with E-state index in [-0.39, 0.29) is 12.5 Å². The number of rotatable bonds is 7. The number of nitrogens with two attached hydrogens (primary N) is 1. The van der Waals surface area contributed by atoms with Crippen LogP contribution in [-0.4, -0.2) is 25.7 Å². The van der Waals surface area contributed by atoms with E-state index >= 15 is 0 Å². The molecule has 0 bridgehead atoms. The minimum absolute atomic E-state index is 0.183. The molecule has 24 heavy (non-hydrogen) atoms. The summed E-state index contributed by atoms with van der Waals surface area (Å²) in [6.07, 6.45) is 0. The Morgan fingerprint density at radius 3 is 2.67 bits per heavy atom. The van der Waals surface area contributed by atoms with E-state index in [1.807, 2.05) is 37.3 Å². The molecule has 1 unspecified atom stereocenters. The second-order valence-electron chi connectivity index (χ2n) is 5.81. The molecule has 0 radical (unpaired) electrons. The van der Waals surface area contributed by atoms with Gasteiger partial charge in [-0.05, 0) is 43.2 Å². The third kappa shape index (κ3) is 5.08. The Hall–Kier alpha value is -2.37. The van der Waals surface area contributed by atoms with Gasteiger partial charge in [0, 0.05) is 12.8 Å². The molecule has 128 valence electrons. The maximum absolute atomic E-state index is 11.9. The standard InChI is InChI=1S/C19H24N2O3/c1-13-5-4-6-15(9-13)11-24-16-7-8-18(14(2)10-16)21-19(22)17(20)12-23-3/h4-10,17H,11-12,20H2,1-3H3,(H,21,22). The lowest BCUT2D eigenvalue weighted by atomic mass is 10.1. The third-order valence-corrected chi connectivity index (χ3v) is 3.63. The van der Waals surface area contributed by atoms with E-state index in [1.165, 1.54) is 12.7 Å². The number of methoxy groups -OCH3 is 1. The second-order valence-corrected chi connectivity index (χ2v) is 5.81. The quantitative estimate of drug-likeness (QED) is 0.820. The van der Waals surface area contributed by atoms with Crippen molar-refractivity contribution < 1.29 is 14.3 Å². The summed E-state index contributed by atoms with van der Waals surface area (Å²) in [5.41, 5.74) is 9.67. The van der Waals surface area contributed by atoms with Crippen LogP contribution in [0.1, 0.15) is 16.7 Å². The molecular weight excluding hydrogens is 304 g/mol. The summed E-state index contributed by atoms with van der Waals surface area (Å²) >= 11 is 0. The Bertz CT molecular complexity index is 701. The highest BCUT2D eigenvalue weighted by Crippen LogP contribution is 2.22. The largest absolute Gasteiger partial charge is 0.489 e. The predicted molar refractivity (Wildman–Crippen MR) is 95.2 cm³/mol. The lowest BCUT2D eigenvalue weighted by Gasteiger charge is -2.14. The van der Waals surface area contributed by atoms with Crippen LogP contribution >= 0.6 is 0 Å². The van der Waals surface area contributed by atoms with Crippen LogP contribution in [0.15, 0.2) is 42.5 Å². The number of nitrogens with one attached hydrogen (secondary N) is 1. The summed E-state index contributed by atoms with van der Waals surface area (Å²) in [5.74, 6) is 0.488. The van der Waals surface area contributed by atoms with Gasteiger partial charge in [-0.2, -0.15) is 0 Å². The van der Waals surface area contributed by atoms with Gasteiger partial charge >= 0.3 is 0 Å². The monoisotopic (exact) mass is 328 g/mol. The molecule has 0 aliphatic carbocycles. The highest BCUT2D eigenvalue weighted by atomic mass is 16.5. The Balaban J connectivity index is 1.97. The Labute approximate surface area is 142 Å². The number of anilines is 1. The molecule has 0 aliphatic rings. The van der Waals surface area contributed by atoms with Crippen molar-refractivity contribution in [2.75, 3.05) is 19.0 Å².